The molecule has 1 aliphatic heterocycles. The van der Waals surface area contributed by atoms with Gasteiger partial charge >= 0.3 is 6.18 Å². The number of halogens is 6. The van der Waals surface area contributed by atoms with Gasteiger partial charge in [-0.15, -0.1) is 0 Å². The molecule has 2 aromatic carbocycles. The second-order valence-electron chi connectivity index (χ2n) is 8.10. The first kappa shape index (κ1) is 26.2. The fourth-order valence-electron chi connectivity index (χ4n) is 4.00. The first-order valence-corrected chi connectivity index (χ1v) is 12.8. The zero-order valence-corrected chi connectivity index (χ0v) is 19.9. The molecule has 0 radical (unpaired) electrons. The van der Waals surface area contributed by atoms with E-state index in [-0.39, 0.29) is 24.6 Å². The van der Waals surface area contributed by atoms with Gasteiger partial charge in [-0.3, -0.25) is 9.62 Å². The monoisotopic (exact) mass is 551 g/mol. The van der Waals surface area contributed by atoms with E-state index in [1.807, 2.05) is 4.72 Å². The number of hydrogen-bond donors (Lipinski definition) is 1. The van der Waals surface area contributed by atoms with Crippen LogP contribution in [0.25, 0.3) is 0 Å². The quantitative estimate of drug-likeness (QED) is 0.411. The molecular formula is C22H19F6N3O3S2. The first-order chi connectivity index (χ1) is 16.9. The molecule has 36 heavy (non-hydrogen) atoms. The average Bonchev–Trinajstić information content (AvgIpc) is 3.20. The molecule has 194 valence electrons. The summed E-state index contributed by atoms with van der Waals surface area (Å²) in [5, 5.41) is -1.15. The predicted octanol–water partition coefficient (Wildman–Crippen LogP) is 5.16. The van der Waals surface area contributed by atoms with E-state index in [0.717, 1.165) is 6.20 Å². The summed E-state index contributed by atoms with van der Waals surface area (Å²) in [5.41, 5.74) is 0.661. The Labute approximate surface area is 206 Å². The Balaban J connectivity index is 1.57. The van der Waals surface area contributed by atoms with Gasteiger partial charge in [-0.05, 0) is 12.0 Å². The number of hydrogen-bond acceptors (Lipinski definition) is 6. The Morgan fingerprint density at radius 2 is 1.83 bits per heavy atom. The summed E-state index contributed by atoms with van der Waals surface area (Å²) in [4.78, 5) is 3.66. The van der Waals surface area contributed by atoms with Crippen molar-refractivity contribution in [3.8, 4) is 5.75 Å². The molecule has 1 aliphatic rings. The molecule has 6 nitrogen and oxygen atoms in total. The third-order valence-electron chi connectivity index (χ3n) is 5.52. The van der Waals surface area contributed by atoms with Crippen LogP contribution in [0, 0.1) is 16.8 Å². The van der Waals surface area contributed by atoms with Crippen molar-refractivity contribution in [2.24, 2.45) is 0 Å². The molecule has 3 aromatic rings. The lowest BCUT2D eigenvalue weighted by molar-refractivity contribution is -0.150. The second kappa shape index (κ2) is 10.3. The molecule has 1 N–H and O–H groups in total. The van der Waals surface area contributed by atoms with Gasteiger partial charge in [0.15, 0.2) is 21.8 Å². The van der Waals surface area contributed by atoms with Gasteiger partial charge in [0.05, 0.1) is 12.7 Å². The van der Waals surface area contributed by atoms with Crippen molar-refractivity contribution < 1.29 is 39.5 Å². The lowest BCUT2D eigenvalue weighted by Gasteiger charge is -2.39. The number of anilines is 1. The molecule has 2 atom stereocenters. The van der Waals surface area contributed by atoms with Crippen LogP contribution in [0.3, 0.4) is 0 Å². The van der Waals surface area contributed by atoms with Crippen molar-refractivity contribution >= 4 is 26.5 Å². The molecule has 2 heterocycles. The van der Waals surface area contributed by atoms with Crippen molar-refractivity contribution in [2.45, 2.75) is 29.5 Å². The van der Waals surface area contributed by atoms with Gasteiger partial charge in [0.2, 0.25) is 0 Å². The second-order valence-corrected chi connectivity index (χ2v) is 10.7. The molecule has 0 bridgehead atoms. The molecule has 0 amide bonds. The van der Waals surface area contributed by atoms with Gasteiger partial charge in [0.1, 0.15) is 16.8 Å². The molecule has 0 spiro atoms. The molecule has 1 saturated heterocycles. The van der Waals surface area contributed by atoms with Crippen LogP contribution < -0.4 is 9.46 Å². The summed E-state index contributed by atoms with van der Waals surface area (Å²) < 4.78 is 114. The van der Waals surface area contributed by atoms with Gasteiger partial charge in [0.25, 0.3) is 10.0 Å². The van der Waals surface area contributed by atoms with E-state index in [0.29, 0.717) is 29.0 Å². The Morgan fingerprint density at radius 3 is 2.47 bits per heavy atom. The zero-order valence-electron chi connectivity index (χ0n) is 18.3. The van der Waals surface area contributed by atoms with Crippen LogP contribution in [0.15, 0.2) is 53.6 Å². The van der Waals surface area contributed by atoms with Crippen LogP contribution in [0.1, 0.15) is 17.9 Å². The van der Waals surface area contributed by atoms with E-state index >= 15 is 0 Å². The molecule has 0 unspecified atom stereocenters. The average molecular weight is 552 g/mol. The number of nitrogens with zero attached hydrogens (tertiary/aromatic N) is 2. The number of thiazole rings is 1. The van der Waals surface area contributed by atoms with Crippen LogP contribution in [-0.4, -0.2) is 50.2 Å². The molecular weight excluding hydrogens is 532 g/mol. The minimum absolute atomic E-state index is 0.0123. The zero-order chi connectivity index (χ0) is 26.1. The standard InChI is InChI=1S/C22H19F6N3O3S2/c23-15-9-19(36(32,33)30-21-29-10-20(25)35-21)16(24)8-18(15)34-17-6-7-31(12-22(26,27)28)11-14(17)13-4-2-1-3-5-13/h1-5,8-10,14,17H,6-7,11-12H2,(H,29,30)/t14-,17+/m1/s1. The summed E-state index contributed by atoms with van der Waals surface area (Å²) in [6.07, 6.45) is -4.35. The summed E-state index contributed by atoms with van der Waals surface area (Å²) in [7, 11) is -4.63. The van der Waals surface area contributed by atoms with Gasteiger partial charge in [-0.1, -0.05) is 41.7 Å². The number of aromatic nitrogens is 1. The number of benzene rings is 2. The maximum Gasteiger partial charge on any atom is 0.401 e. The lowest BCUT2D eigenvalue weighted by atomic mass is 9.87. The van der Waals surface area contributed by atoms with Crippen LogP contribution in [-0.2, 0) is 10.0 Å². The van der Waals surface area contributed by atoms with E-state index in [4.69, 9.17) is 4.74 Å². The maximum atomic E-state index is 14.9. The molecule has 0 saturated carbocycles. The smallest absolute Gasteiger partial charge is 0.401 e. The van der Waals surface area contributed by atoms with Crippen molar-refractivity contribution in [1.29, 1.82) is 0 Å². The van der Waals surface area contributed by atoms with Gasteiger partial charge in [-0.25, -0.2) is 22.2 Å². The predicted molar refractivity (Wildman–Crippen MR) is 120 cm³/mol. The fraction of sp³-hybridized carbons (Fsp3) is 0.318. The van der Waals surface area contributed by atoms with Crippen molar-refractivity contribution in [3.05, 3.63) is 71.0 Å². The highest BCUT2D eigenvalue weighted by atomic mass is 32.2. The number of nitrogens with one attached hydrogen (secondary N) is 1. The van der Waals surface area contributed by atoms with E-state index in [1.54, 1.807) is 30.3 Å². The van der Waals surface area contributed by atoms with Crippen molar-refractivity contribution in [1.82, 2.24) is 9.88 Å². The van der Waals surface area contributed by atoms with E-state index < -0.39 is 62.2 Å². The molecule has 14 heteroatoms. The highest BCUT2D eigenvalue weighted by Gasteiger charge is 2.38. The fourth-order valence-corrected chi connectivity index (χ4v) is 5.86. The SMILES string of the molecule is O=S(=O)(Nc1ncc(F)s1)c1cc(F)c(O[C@H]2CCN(CC(F)(F)F)C[C@@H]2c2ccccc2)cc1F. The Morgan fingerprint density at radius 1 is 1.11 bits per heavy atom. The minimum Gasteiger partial charge on any atom is -0.487 e. The molecule has 0 aliphatic carbocycles. The van der Waals surface area contributed by atoms with Crippen LogP contribution in [0.4, 0.5) is 31.5 Å². The summed E-state index contributed by atoms with van der Waals surface area (Å²) in [6, 6.07) is 9.55. The first-order valence-electron chi connectivity index (χ1n) is 10.6. The van der Waals surface area contributed by atoms with Gasteiger partial charge in [0, 0.05) is 31.1 Å². The molecule has 1 fully saturated rings. The number of ether oxygens (including phenoxy) is 1. The Bertz CT molecular complexity index is 1320. The van der Waals surface area contributed by atoms with Crippen molar-refractivity contribution in [3.63, 3.8) is 0 Å². The summed E-state index contributed by atoms with van der Waals surface area (Å²) in [6.45, 7) is -1.13. The number of rotatable bonds is 7. The number of alkyl halides is 3. The third-order valence-corrected chi connectivity index (χ3v) is 7.70. The highest BCUT2D eigenvalue weighted by Crippen LogP contribution is 2.34. The third kappa shape index (κ3) is 6.28. The summed E-state index contributed by atoms with van der Waals surface area (Å²) in [5.74, 6) is -3.69. The van der Waals surface area contributed by atoms with Gasteiger partial charge < -0.3 is 4.74 Å². The topological polar surface area (TPSA) is 71.5 Å². The van der Waals surface area contributed by atoms with E-state index in [2.05, 4.69) is 4.98 Å². The minimum atomic E-state index is -4.63. The Kier molecular flexibility index (Phi) is 7.48. The highest BCUT2D eigenvalue weighted by molar-refractivity contribution is 7.93. The van der Waals surface area contributed by atoms with E-state index in [9.17, 15) is 34.8 Å². The van der Waals surface area contributed by atoms with Gasteiger partial charge in [-0.2, -0.15) is 17.6 Å². The van der Waals surface area contributed by atoms with Crippen LogP contribution in [0.2, 0.25) is 0 Å². The van der Waals surface area contributed by atoms with Crippen molar-refractivity contribution in [2.75, 3.05) is 24.4 Å². The number of piperidine rings is 1. The normalized spacial score (nSPS) is 19.3. The van der Waals surface area contributed by atoms with Crippen LogP contribution in [0.5, 0.6) is 5.75 Å². The molecule has 1 aromatic heterocycles. The number of sulfonamides is 1. The largest absolute Gasteiger partial charge is 0.487 e. The Hall–Kier alpha value is -2.84. The molecule has 4 rings (SSSR count). The van der Waals surface area contributed by atoms with E-state index in [1.165, 1.54) is 4.90 Å². The van der Waals surface area contributed by atoms with Crippen LogP contribution >= 0.6 is 11.3 Å². The number of likely N-dealkylation sites (tertiary alicyclic amines) is 1. The lowest BCUT2D eigenvalue weighted by Crippen LogP contribution is -2.47. The summed E-state index contributed by atoms with van der Waals surface area (Å²) >= 11 is 0.364. The maximum absolute atomic E-state index is 14.9.